The fourth-order valence-electron chi connectivity index (χ4n) is 5.19. The zero-order valence-electron chi connectivity index (χ0n) is 14.0. The van der Waals surface area contributed by atoms with Crippen LogP contribution in [-0.2, 0) is 14.3 Å². The summed E-state index contributed by atoms with van der Waals surface area (Å²) in [5.74, 6) is 0.366. The highest BCUT2D eigenvalue weighted by Crippen LogP contribution is 2.61. The van der Waals surface area contributed by atoms with Gasteiger partial charge in [0.05, 0.1) is 18.5 Å². The average Bonchev–Trinajstić information content (AvgIpc) is 2.23. The van der Waals surface area contributed by atoms with Gasteiger partial charge in [-0.1, -0.05) is 27.2 Å². The Morgan fingerprint density at radius 1 is 1.14 bits per heavy atom. The molecule has 2 aliphatic rings. The standard InChI is InChI=1S/C16H30O4S/c1-14(2)8-6-9-15(3)12(14)7-10-16(4,17)13(15)11-20-21(5,18)19/h12-13,17H,6-11H2,1-5H3/t12-,13?,15-,16+/m0/s1. The van der Waals surface area contributed by atoms with E-state index in [9.17, 15) is 13.5 Å². The first-order chi connectivity index (χ1) is 9.39. The van der Waals surface area contributed by atoms with E-state index in [4.69, 9.17) is 4.18 Å². The van der Waals surface area contributed by atoms with Crippen molar-refractivity contribution >= 4 is 10.1 Å². The minimum atomic E-state index is -3.48. The lowest BCUT2D eigenvalue weighted by Gasteiger charge is -2.60. The molecule has 0 amide bonds. The van der Waals surface area contributed by atoms with E-state index in [2.05, 4.69) is 20.8 Å². The summed E-state index contributed by atoms with van der Waals surface area (Å²) in [7, 11) is -3.48. The van der Waals surface area contributed by atoms with Crippen LogP contribution >= 0.6 is 0 Å². The Labute approximate surface area is 129 Å². The second-order valence-electron chi connectivity index (χ2n) is 8.34. The van der Waals surface area contributed by atoms with Crippen LogP contribution in [0.1, 0.15) is 59.8 Å². The van der Waals surface area contributed by atoms with Crippen molar-refractivity contribution in [2.75, 3.05) is 12.9 Å². The third-order valence-corrected chi connectivity index (χ3v) is 6.77. The molecule has 2 fully saturated rings. The number of rotatable bonds is 3. The molecular formula is C16H30O4S. The van der Waals surface area contributed by atoms with Gasteiger partial charge in [0.25, 0.3) is 10.1 Å². The largest absolute Gasteiger partial charge is 0.390 e. The molecule has 2 saturated carbocycles. The molecular weight excluding hydrogens is 288 g/mol. The Morgan fingerprint density at radius 2 is 1.76 bits per heavy atom. The van der Waals surface area contributed by atoms with Crippen LogP contribution in [0.15, 0.2) is 0 Å². The fraction of sp³-hybridized carbons (Fsp3) is 1.00. The van der Waals surface area contributed by atoms with Crippen molar-refractivity contribution in [3.05, 3.63) is 0 Å². The topological polar surface area (TPSA) is 63.6 Å². The van der Waals surface area contributed by atoms with E-state index in [1.54, 1.807) is 0 Å². The van der Waals surface area contributed by atoms with E-state index in [0.717, 1.165) is 25.5 Å². The molecule has 4 nitrogen and oxygen atoms in total. The van der Waals surface area contributed by atoms with Crippen LogP contribution < -0.4 is 0 Å². The third kappa shape index (κ3) is 3.30. The zero-order chi connectivity index (χ0) is 16.1. The van der Waals surface area contributed by atoms with Crippen LogP contribution in [0.4, 0.5) is 0 Å². The fourth-order valence-corrected chi connectivity index (χ4v) is 5.57. The van der Waals surface area contributed by atoms with Crippen molar-refractivity contribution in [1.29, 1.82) is 0 Å². The first-order valence-electron chi connectivity index (χ1n) is 7.95. The maximum Gasteiger partial charge on any atom is 0.264 e. The molecule has 0 aromatic carbocycles. The lowest BCUT2D eigenvalue weighted by molar-refractivity contribution is -0.175. The second-order valence-corrected chi connectivity index (χ2v) is 9.98. The summed E-state index contributed by atoms with van der Waals surface area (Å²) in [6.07, 6.45) is 6.17. The predicted octanol–water partition coefficient (Wildman–Crippen LogP) is 2.96. The van der Waals surface area contributed by atoms with Gasteiger partial charge < -0.3 is 5.11 Å². The average molecular weight is 318 g/mol. The number of aliphatic hydroxyl groups is 1. The van der Waals surface area contributed by atoms with Gasteiger partial charge in [0.1, 0.15) is 0 Å². The Kier molecular flexibility index (Phi) is 4.27. The Morgan fingerprint density at radius 3 is 2.33 bits per heavy atom. The van der Waals surface area contributed by atoms with E-state index >= 15 is 0 Å². The molecule has 0 bridgehead atoms. The van der Waals surface area contributed by atoms with E-state index in [0.29, 0.717) is 12.3 Å². The van der Waals surface area contributed by atoms with Crippen molar-refractivity contribution in [2.24, 2.45) is 22.7 Å². The highest BCUT2D eigenvalue weighted by molar-refractivity contribution is 7.85. The van der Waals surface area contributed by atoms with Crippen molar-refractivity contribution in [3.8, 4) is 0 Å². The van der Waals surface area contributed by atoms with E-state index < -0.39 is 15.7 Å². The summed E-state index contributed by atoms with van der Waals surface area (Å²) in [5.41, 5.74) is -0.676. The zero-order valence-corrected chi connectivity index (χ0v) is 14.8. The minimum absolute atomic E-state index is 0.0613. The van der Waals surface area contributed by atoms with Gasteiger partial charge in [-0.3, -0.25) is 4.18 Å². The van der Waals surface area contributed by atoms with Crippen molar-refractivity contribution in [2.45, 2.75) is 65.4 Å². The van der Waals surface area contributed by atoms with Crippen LogP contribution in [0.5, 0.6) is 0 Å². The molecule has 0 heterocycles. The van der Waals surface area contributed by atoms with Gasteiger partial charge in [0, 0.05) is 5.92 Å². The van der Waals surface area contributed by atoms with E-state index in [1.807, 2.05) is 6.92 Å². The summed E-state index contributed by atoms with van der Waals surface area (Å²) in [5, 5.41) is 10.8. The molecule has 1 unspecified atom stereocenters. The summed E-state index contributed by atoms with van der Waals surface area (Å²) >= 11 is 0. The van der Waals surface area contributed by atoms with Crippen molar-refractivity contribution < 1.29 is 17.7 Å². The van der Waals surface area contributed by atoms with Crippen LogP contribution in [0.2, 0.25) is 0 Å². The maximum atomic E-state index is 11.4. The lowest BCUT2D eigenvalue weighted by atomic mass is 9.46. The molecule has 1 N–H and O–H groups in total. The van der Waals surface area contributed by atoms with Crippen LogP contribution in [0.3, 0.4) is 0 Å². The first-order valence-corrected chi connectivity index (χ1v) is 9.77. The SMILES string of the molecule is CC1(C)CCC[C@]2(C)C(COS(C)(=O)=O)[C@](C)(O)CC[C@@H]12. The van der Waals surface area contributed by atoms with E-state index in [1.165, 1.54) is 6.42 Å². The summed E-state index contributed by atoms with van der Waals surface area (Å²) < 4.78 is 27.8. The molecule has 5 heteroatoms. The molecule has 124 valence electrons. The van der Waals surface area contributed by atoms with Crippen molar-refractivity contribution in [1.82, 2.24) is 0 Å². The number of hydrogen-bond donors (Lipinski definition) is 1. The maximum absolute atomic E-state index is 11.4. The quantitative estimate of drug-likeness (QED) is 0.813. The van der Waals surface area contributed by atoms with E-state index in [-0.39, 0.29) is 23.4 Å². The highest BCUT2D eigenvalue weighted by Gasteiger charge is 2.58. The monoisotopic (exact) mass is 318 g/mol. The first kappa shape index (κ1) is 17.2. The lowest BCUT2D eigenvalue weighted by Crippen LogP contribution is -2.59. The highest BCUT2D eigenvalue weighted by atomic mass is 32.2. The van der Waals surface area contributed by atoms with Gasteiger partial charge in [-0.05, 0) is 49.4 Å². The Hall–Kier alpha value is -0.130. The number of hydrogen-bond acceptors (Lipinski definition) is 4. The third-order valence-electron chi connectivity index (χ3n) is 6.21. The van der Waals surface area contributed by atoms with Crippen molar-refractivity contribution in [3.63, 3.8) is 0 Å². The molecule has 0 aromatic heterocycles. The summed E-state index contributed by atoms with van der Waals surface area (Å²) in [6.45, 7) is 8.77. The molecule has 2 aliphatic carbocycles. The second kappa shape index (κ2) is 5.20. The molecule has 0 aromatic rings. The summed E-state index contributed by atoms with van der Waals surface area (Å²) in [6, 6.07) is 0. The van der Waals surface area contributed by atoms with Gasteiger partial charge in [0.15, 0.2) is 0 Å². The molecule has 4 atom stereocenters. The van der Waals surface area contributed by atoms with Crippen LogP contribution in [0.25, 0.3) is 0 Å². The Bertz CT molecular complexity index is 494. The van der Waals surface area contributed by atoms with Gasteiger partial charge in [-0.25, -0.2) is 0 Å². The van der Waals surface area contributed by atoms with Gasteiger partial charge in [-0.15, -0.1) is 0 Å². The molecule has 2 rings (SSSR count). The number of fused-ring (bicyclic) bond motifs is 1. The molecule has 0 aliphatic heterocycles. The molecule has 0 radical (unpaired) electrons. The predicted molar refractivity (Wildman–Crippen MR) is 83.4 cm³/mol. The van der Waals surface area contributed by atoms with Gasteiger partial charge in [0.2, 0.25) is 0 Å². The molecule has 21 heavy (non-hydrogen) atoms. The minimum Gasteiger partial charge on any atom is -0.390 e. The van der Waals surface area contributed by atoms with Gasteiger partial charge >= 0.3 is 0 Å². The Balaban J connectivity index is 2.32. The molecule has 0 saturated heterocycles. The summed E-state index contributed by atoms with van der Waals surface area (Å²) in [4.78, 5) is 0. The molecule has 0 spiro atoms. The smallest absolute Gasteiger partial charge is 0.264 e. The normalized spacial score (nSPS) is 43.3. The van der Waals surface area contributed by atoms with Crippen LogP contribution in [0, 0.1) is 22.7 Å². The van der Waals surface area contributed by atoms with Crippen LogP contribution in [-0.4, -0.2) is 32.0 Å². The van der Waals surface area contributed by atoms with Gasteiger partial charge in [-0.2, -0.15) is 8.42 Å².